The monoisotopic (exact) mass is 292 g/mol. The van der Waals surface area contributed by atoms with Gasteiger partial charge in [-0.1, -0.05) is 6.07 Å². The zero-order chi connectivity index (χ0) is 14.5. The number of methoxy groups -OCH3 is 1. The number of hydrogen-bond donors (Lipinski definition) is 1. The topological polar surface area (TPSA) is 57.2 Å². The molecule has 0 spiro atoms. The van der Waals surface area contributed by atoms with Crippen LogP contribution in [0.15, 0.2) is 34.4 Å². The summed E-state index contributed by atoms with van der Waals surface area (Å²) in [4.78, 5) is 13.7. The Kier molecular flexibility index (Phi) is 5.11. The molecule has 108 valence electrons. The fraction of sp³-hybridized carbons (Fsp3) is 0.400. The second-order valence-corrected chi connectivity index (χ2v) is 5.69. The third-order valence-electron chi connectivity index (χ3n) is 3.20. The average molecular weight is 292 g/mol. The van der Waals surface area contributed by atoms with Crippen molar-refractivity contribution in [3.05, 3.63) is 45.6 Å². The molecule has 2 aromatic rings. The number of ether oxygens (including phenoxy) is 1. The van der Waals surface area contributed by atoms with Gasteiger partial charge >= 0.3 is 0 Å². The first kappa shape index (κ1) is 15.0. The Bertz CT molecular complexity index is 603. The summed E-state index contributed by atoms with van der Waals surface area (Å²) in [6, 6.07) is 7.59. The Morgan fingerprint density at radius 3 is 2.80 bits per heavy atom. The second-order valence-electron chi connectivity index (χ2n) is 4.74. The van der Waals surface area contributed by atoms with Gasteiger partial charge in [0.2, 0.25) is 0 Å². The van der Waals surface area contributed by atoms with Crippen LogP contribution in [0.4, 0.5) is 0 Å². The molecule has 0 aliphatic heterocycles. The second kappa shape index (κ2) is 6.83. The molecule has 0 aromatic carbocycles. The maximum Gasteiger partial charge on any atom is 0.255 e. The van der Waals surface area contributed by atoms with E-state index in [0.29, 0.717) is 18.7 Å². The summed E-state index contributed by atoms with van der Waals surface area (Å²) < 4.78 is 6.88. The van der Waals surface area contributed by atoms with Crippen LogP contribution in [0.5, 0.6) is 0 Å². The van der Waals surface area contributed by atoms with Crippen LogP contribution in [0.3, 0.4) is 0 Å². The maximum atomic E-state index is 12.6. The molecule has 0 radical (unpaired) electrons. The predicted octanol–water partition coefficient (Wildman–Crippen LogP) is 2.63. The number of hydrogen-bond acceptors (Lipinski definition) is 4. The van der Waals surface area contributed by atoms with Crippen molar-refractivity contribution in [2.75, 3.05) is 13.7 Å². The van der Waals surface area contributed by atoms with Crippen LogP contribution in [0.1, 0.15) is 24.9 Å². The van der Waals surface area contributed by atoms with E-state index in [1.807, 2.05) is 41.1 Å². The van der Waals surface area contributed by atoms with Crippen LogP contribution >= 0.6 is 11.3 Å². The first-order valence-electron chi connectivity index (χ1n) is 6.67. The van der Waals surface area contributed by atoms with E-state index in [2.05, 4.69) is 0 Å². The summed E-state index contributed by atoms with van der Waals surface area (Å²) in [7, 11) is 1.67. The highest BCUT2D eigenvalue weighted by molar-refractivity contribution is 7.13. The molecule has 1 unspecified atom stereocenters. The van der Waals surface area contributed by atoms with Gasteiger partial charge in [-0.2, -0.15) is 0 Å². The number of nitrogens with two attached hydrogens (primary N) is 1. The van der Waals surface area contributed by atoms with Crippen molar-refractivity contribution in [1.29, 1.82) is 0 Å². The van der Waals surface area contributed by atoms with E-state index in [1.165, 1.54) is 0 Å². The highest BCUT2D eigenvalue weighted by atomic mass is 32.1. The van der Waals surface area contributed by atoms with Crippen LogP contribution in [0.2, 0.25) is 0 Å². The van der Waals surface area contributed by atoms with Gasteiger partial charge in [-0.05, 0) is 36.9 Å². The van der Waals surface area contributed by atoms with Crippen molar-refractivity contribution < 1.29 is 4.74 Å². The zero-order valence-electron chi connectivity index (χ0n) is 11.8. The Labute approximate surface area is 122 Å². The Morgan fingerprint density at radius 1 is 1.40 bits per heavy atom. The molecule has 0 fully saturated rings. The van der Waals surface area contributed by atoms with Crippen molar-refractivity contribution in [3.8, 4) is 10.6 Å². The summed E-state index contributed by atoms with van der Waals surface area (Å²) in [6.45, 7) is 3.11. The van der Waals surface area contributed by atoms with Gasteiger partial charge in [0.1, 0.15) is 0 Å². The third-order valence-corrected chi connectivity index (χ3v) is 4.09. The molecular formula is C15H20N2O2S. The fourth-order valence-corrected chi connectivity index (χ4v) is 2.93. The van der Waals surface area contributed by atoms with Gasteiger partial charge in [0.15, 0.2) is 0 Å². The molecule has 0 amide bonds. The summed E-state index contributed by atoms with van der Waals surface area (Å²) in [5.74, 6) is 0. The Morgan fingerprint density at radius 2 is 2.20 bits per heavy atom. The van der Waals surface area contributed by atoms with Crippen molar-refractivity contribution >= 4 is 11.3 Å². The third kappa shape index (κ3) is 3.17. The first-order valence-corrected chi connectivity index (χ1v) is 7.55. The minimum absolute atomic E-state index is 0.00185. The van der Waals surface area contributed by atoms with Gasteiger partial charge in [0.05, 0.1) is 10.6 Å². The van der Waals surface area contributed by atoms with Crippen LogP contribution in [-0.4, -0.2) is 18.3 Å². The summed E-state index contributed by atoms with van der Waals surface area (Å²) in [6.07, 6.45) is 0.803. The highest BCUT2D eigenvalue weighted by Crippen LogP contribution is 2.24. The van der Waals surface area contributed by atoms with E-state index in [4.69, 9.17) is 10.5 Å². The zero-order valence-corrected chi connectivity index (χ0v) is 12.7. The highest BCUT2D eigenvalue weighted by Gasteiger charge is 2.13. The summed E-state index contributed by atoms with van der Waals surface area (Å²) in [5, 5.41) is 2.01. The van der Waals surface area contributed by atoms with Gasteiger partial charge in [-0.3, -0.25) is 4.79 Å². The van der Waals surface area contributed by atoms with E-state index in [1.54, 1.807) is 18.4 Å². The molecule has 0 aliphatic carbocycles. The molecule has 4 nitrogen and oxygen atoms in total. The molecule has 1 atom stereocenters. The van der Waals surface area contributed by atoms with Crippen molar-refractivity contribution in [3.63, 3.8) is 0 Å². The smallest absolute Gasteiger partial charge is 0.255 e. The molecule has 0 aliphatic rings. The van der Waals surface area contributed by atoms with Crippen molar-refractivity contribution in [1.82, 2.24) is 4.57 Å². The molecular weight excluding hydrogens is 272 g/mol. The molecule has 0 bridgehead atoms. The lowest BCUT2D eigenvalue weighted by atomic mass is 10.1. The maximum absolute atomic E-state index is 12.6. The van der Waals surface area contributed by atoms with E-state index in [0.717, 1.165) is 17.0 Å². The molecule has 20 heavy (non-hydrogen) atoms. The number of aromatic nitrogens is 1. The molecule has 0 saturated heterocycles. The number of pyridine rings is 1. The minimum Gasteiger partial charge on any atom is -0.385 e. The van der Waals surface area contributed by atoms with Crippen LogP contribution in [0.25, 0.3) is 10.6 Å². The van der Waals surface area contributed by atoms with Crippen molar-refractivity contribution in [2.45, 2.75) is 25.9 Å². The van der Waals surface area contributed by atoms with Gasteiger partial charge in [0, 0.05) is 31.9 Å². The van der Waals surface area contributed by atoms with Crippen LogP contribution < -0.4 is 11.3 Å². The van der Waals surface area contributed by atoms with E-state index in [9.17, 15) is 4.79 Å². The number of nitrogens with zero attached hydrogens (tertiary/aromatic N) is 1. The van der Waals surface area contributed by atoms with E-state index in [-0.39, 0.29) is 11.6 Å². The molecule has 2 N–H and O–H groups in total. The molecule has 2 aromatic heterocycles. The number of thiophene rings is 1. The summed E-state index contributed by atoms with van der Waals surface area (Å²) >= 11 is 1.63. The average Bonchev–Trinajstić information content (AvgIpc) is 2.94. The van der Waals surface area contributed by atoms with Crippen LogP contribution in [-0.2, 0) is 11.3 Å². The quantitative estimate of drug-likeness (QED) is 0.833. The first-order chi connectivity index (χ1) is 9.65. The molecule has 2 rings (SSSR count). The lowest BCUT2D eigenvalue weighted by molar-refractivity contribution is 0.190. The molecule has 0 saturated carbocycles. The summed E-state index contributed by atoms with van der Waals surface area (Å²) in [5.41, 5.74) is 7.48. The Balaban J connectivity index is 2.46. The van der Waals surface area contributed by atoms with Crippen molar-refractivity contribution in [2.24, 2.45) is 5.73 Å². The predicted molar refractivity (Wildman–Crippen MR) is 83.1 cm³/mol. The normalized spacial score (nSPS) is 12.6. The molecule has 2 heterocycles. The largest absolute Gasteiger partial charge is 0.385 e. The molecule has 5 heteroatoms. The van der Waals surface area contributed by atoms with Crippen LogP contribution in [0, 0.1) is 0 Å². The lowest BCUT2D eigenvalue weighted by Gasteiger charge is -2.15. The van der Waals surface area contributed by atoms with E-state index >= 15 is 0 Å². The Hall–Kier alpha value is -1.43. The fourth-order valence-electron chi connectivity index (χ4n) is 2.17. The van der Waals surface area contributed by atoms with Gasteiger partial charge < -0.3 is 15.0 Å². The van der Waals surface area contributed by atoms with Gasteiger partial charge in [-0.15, -0.1) is 11.3 Å². The number of rotatable bonds is 6. The SMILES string of the molecule is COCCCn1c(-c2cccs2)ccc(C(C)N)c1=O. The van der Waals surface area contributed by atoms with E-state index < -0.39 is 0 Å². The van der Waals surface area contributed by atoms with Gasteiger partial charge in [-0.25, -0.2) is 0 Å². The standard InChI is InChI=1S/C15H20N2O2S/c1-11(16)12-6-7-13(14-5-3-10-20-14)17(15(12)18)8-4-9-19-2/h3,5-7,10-11H,4,8-9,16H2,1-2H3. The lowest BCUT2D eigenvalue weighted by Crippen LogP contribution is -2.28. The minimum atomic E-state index is -0.256. The van der Waals surface area contributed by atoms with Gasteiger partial charge in [0.25, 0.3) is 5.56 Å².